The van der Waals surface area contributed by atoms with Gasteiger partial charge in [-0.25, -0.2) is 4.79 Å². The monoisotopic (exact) mass is 448 g/mol. The Morgan fingerprint density at radius 2 is 1.66 bits per heavy atom. The summed E-state index contributed by atoms with van der Waals surface area (Å²) in [5, 5.41) is 21.6. The predicted octanol–water partition coefficient (Wildman–Crippen LogP) is 6.75. The molecule has 168 valence electrons. The van der Waals surface area contributed by atoms with Crippen molar-refractivity contribution < 1.29 is 9.90 Å². The first kappa shape index (κ1) is 28.5. The number of carbonyl (C=O) groups is 1. The number of nitrogens with zero attached hydrogens (tertiary/aromatic N) is 1. The van der Waals surface area contributed by atoms with Crippen LogP contribution in [0, 0.1) is 11.3 Å². The van der Waals surface area contributed by atoms with Crippen LogP contribution in [0.15, 0.2) is 96.7 Å². The van der Waals surface area contributed by atoms with E-state index >= 15 is 0 Å². The van der Waals surface area contributed by atoms with Crippen molar-refractivity contribution in [3.05, 3.63) is 113 Å². The molecule has 2 aromatic rings. The molecule has 4 nitrogen and oxygen atoms in total. The maximum Gasteiger partial charge on any atom is 0.338 e. The van der Waals surface area contributed by atoms with Crippen molar-refractivity contribution >= 4 is 24.2 Å². The number of rotatable bonds is 8. The van der Waals surface area contributed by atoms with Gasteiger partial charge < -0.3 is 10.4 Å². The number of carboxylic acid groups (broad SMARTS) is 1. The van der Waals surface area contributed by atoms with Crippen LogP contribution in [-0.4, -0.2) is 11.1 Å². The molecule has 2 rings (SSSR count). The summed E-state index contributed by atoms with van der Waals surface area (Å²) >= 11 is 4.33. The van der Waals surface area contributed by atoms with E-state index in [2.05, 4.69) is 37.7 Å². The number of thiol groups is 1. The van der Waals surface area contributed by atoms with E-state index in [0.717, 1.165) is 6.42 Å². The van der Waals surface area contributed by atoms with Gasteiger partial charge in [0.15, 0.2) is 0 Å². The Kier molecular flexibility index (Phi) is 14.5. The van der Waals surface area contributed by atoms with Gasteiger partial charge in [-0.15, -0.1) is 19.2 Å². The average Bonchev–Trinajstić information content (AvgIpc) is 2.80. The minimum absolute atomic E-state index is 0.0381. The lowest BCUT2D eigenvalue weighted by Gasteiger charge is -2.14. The molecule has 0 radical (unpaired) electrons. The molecule has 0 unspecified atom stereocenters. The zero-order chi connectivity index (χ0) is 24.5. The van der Waals surface area contributed by atoms with Crippen molar-refractivity contribution in [2.75, 3.05) is 0 Å². The van der Waals surface area contributed by atoms with E-state index in [4.69, 9.17) is 5.26 Å². The fraction of sp³-hybridized carbons (Fsp3) is 0.185. The molecule has 0 heterocycles. The third-order valence-corrected chi connectivity index (χ3v) is 4.30. The topological polar surface area (TPSA) is 73.1 Å². The van der Waals surface area contributed by atoms with Gasteiger partial charge in [-0.1, -0.05) is 75.5 Å². The summed E-state index contributed by atoms with van der Waals surface area (Å²) in [5.41, 5.74) is 3.20. The molecule has 0 bridgehead atoms. The van der Waals surface area contributed by atoms with Crippen molar-refractivity contribution in [3.8, 4) is 6.07 Å². The van der Waals surface area contributed by atoms with Crippen molar-refractivity contribution in [1.82, 2.24) is 5.32 Å². The summed E-state index contributed by atoms with van der Waals surface area (Å²) in [7, 11) is 0. The van der Waals surface area contributed by atoms with Gasteiger partial charge in [0, 0.05) is 5.70 Å². The Labute approximate surface area is 197 Å². The summed E-state index contributed by atoms with van der Waals surface area (Å²) in [4.78, 5) is 11.8. The third kappa shape index (κ3) is 10.0. The van der Waals surface area contributed by atoms with Crippen molar-refractivity contribution in [3.63, 3.8) is 0 Å². The largest absolute Gasteiger partial charge is 0.478 e. The molecular formula is C27H32N2O2S. The molecule has 0 amide bonds. The van der Waals surface area contributed by atoms with Crippen LogP contribution in [0.5, 0.6) is 0 Å². The molecule has 2 aromatic carbocycles. The van der Waals surface area contributed by atoms with Crippen LogP contribution in [0.25, 0.3) is 5.57 Å². The lowest BCUT2D eigenvalue weighted by Crippen LogP contribution is -2.15. The first-order valence-electron chi connectivity index (χ1n) is 10.3. The van der Waals surface area contributed by atoms with Crippen LogP contribution in [0.3, 0.4) is 0 Å². The Hall–Kier alpha value is -3.49. The second-order valence-electron chi connectivity index (χ2n) is 6.32. The van der Waals surface area contributed by atoms with Crippen molar-refractivity contribution in [2.45, 2.75) is 33.6 Å². The molecule has 0 aliphatic rings. The summed E-state index contributed by atoms with van der Waals surface area (Å²) in [6, 6.07) is 18.5. The molecule has 0 aromatic heterocycles. The summed E-state index contributed by atoms with van der Waals surface area (Å²) < 4.78 is 0. The fourth-order valence-electron chi connectivity index (χ4n) is 2.50. The molecular weight excluding hydrogens is 416 g/mol. The smallest absolute Gasteiger partial charge is 0.338 e. The summed E-state index contributed by atoms with van der Waals surface area (Å²) in [5.74, 6) is -1.14. The Morgan fingerprint density at radius 1 is 1.12 bits per heavy atom. The van der Waals surface area contributed by atoms with E-state index < -0.39 is 5.97 Å². The second kappa shape index (κ2) is 16.2. The minimum Gasteiger partial charge on any atom is -0.478 e. The Morgan fingerprint density at radius 3 is 2.12 bits per heavy atom. The number of allylic oxidation sites excluding steroid dienone is 2. The zero-order valence-electron chi connectivity index (χ0n) is 19.1. The molecule has 2 N–H and O–H groups in total. The van der Waals surface area contributed by atoms with Gasteiger partial charge in [0.2, 0.25) is 0 Å². The molecule has 0 aliphatic heterocycles. The SMILES string of the molecule is C=C(CCc1ccccc1)N/C(S)=C(/C(=C)c1ccc(C#N)cc1)C(=O)O.C=CC.CC. The number of aliphatic carboxylic acids is 1. The number of nitrogens with one attached hydrogen (secondary N) is 1. The third-order valence-electron chi connectivity index (χ3n) is 3.97. The van der Waals surface area contributed by atoms with Gasteiger partial charge in [-0.05, 0) is 48.6 Å². The molecule has 0 fully saturated rings. The maximum atomic E-state index is 11.8. The van der Waals surface area contributed by atoms with Gasteiger partial charge in [-0.3, -0.25) is 0 Å². The lowest BCUT2D eigenvalue weighted by molar-refractivity contribution is -0.132. The number of aryl methyl sites for hydroxylation is 1. The Bertz CT molecular complexity index is 969. The predicted molar refractivity (Wildman–Crippen MR) is 138 cm³/mol. The van der Waals surface area contributed by atoms with Gasteiger partial charge in [0.1, 0.15) is 0 Å². The summed E-state index contributed by atoms with van der Waals surface area (Å²) in [6.07, 6.45) is 3.18. The van der Waals surface area contributed by atoms with E-state index in [0.29, 0.717) is 28.8 Å². The number of nitriles is 1. The molecule has 0 aliphatic carbocycles. The lowest BCUT2D eigenvalue weighted by atomic mass is 9.99. The summed E-state index contributed by atoms with van der Waals surface area (Å²) in [6.45, 7) is 17.1. The quantitative estimate of drug-likeness (QED) is 0.181. The van der Waals surface area contributed by atoms with Gasteiger partial charge in [0.25, 0.3) is 0 Å². The molecule has 0 saturated carbocycles. The van der Waals surface area contributed by atoms with Crippen LogP contribution in [0.1, 0.15) is 43.9 Å². The van der Waals surface area contributed by atoms with E-state index in [9.17, 15) is 9.90 Å². The van der Waals surface area contributed by atoms with Crippen molar-refractivity contribution in [1.29, 1.82) is 5.26 Å². The highest BCUT2D eigenvalue weighted by Crippen LogP contribution is 2.26. The maximum absolute atomic E-state index is 11.8. The highest BCUT2D eigenvalue weighted by molar-refractivity contribution is 7.84. The molecule has 0 atom stereocenters. The van der Waals surface area contributed by atoms with E-state index in [1.807, 2.05) is 57.2 Å². The highest BCUT2D eigenvalue weighted by atomic mass is 32.1. The highest BCUT2D eigenvalue weighted by Gasteiger charge is 2.18. The van der Waals surface area contributed by atoms with E-state index in [1.165, 1.54) is 5.56 Å². The average molecular weight is 449 g/mol. The number of benzene rings is 2. The standard InChI is InChI=1S/C22H20N2O2S.C3H6.C2H6/c1-15(8-9-17-6-4-3-5-7-17)24-21(27)20(22(25)26)16(2)19-12-10-18(14-23)11-13-19;1-3-2;1-2/h3-7,10-13,24,27H,1-2,8-9H2,(H,25,26);3H,1H2,2H3;1-2H3/b21-20+;;. The first-order valence-corrected chi connectivity index (χ1v) is 10.7. The fourth-order valence-corrected chi connectivity index (χ4v) is 2.88. The number of hydrogen-bond donors (Lipinski definition) is 3. The van der Waals surface area contributed by atoms with E-state index in [1.54, 1.807) is 30.3 Å². The van der Waals surface area contributed by atoms with Gasteiger partial charge >= 0.3 is 5.97 Å². The molecule has 32 heavy (non-hydrogen) atoms. The first-order chi connectivity index (χ1) is 15.3. The van der Waals surface area contributed by atoms with Crippen LogP contribution in [0.2, 0.25) is 0 Å². The van der Waals surface area contributed by atoms with Gasteiger partial charge in [-0.2, -0.15) is 5.26 Å². The Balaban J connectivity index is 0.00000177. The van der Waals surface area contributed by atoms with Crippen LogP contribution in [-0.2, 0) is 11.2 Å². The number of carboxylic acids is 1. The van der Waals surface area contributed by atoms with Crippen LogP contribution >= 0.6 is 12.6 Å². The normalized spacial score (nSPS) is 9.97. The molecule has 0 saturated heterocycles. The van der Waals surface area contributed by atoms with Gasteiger partial charge in [0.05, 0.1) is 22.2 Å². The van der Waals surface area contributed by atoms with Crippen molar-refractivity contribution in [2.24, 2.45) is 0 Å². The van der Waals surface area contributed by atoms with Crippen LogP contribution in [0.4, 0.5) is 0 Å². The molecule has 5 heteroatoms. The molecule has 0 spiro atoms. The van der Waals surface area contributed by atoms with E-state index in [-0.39, 0.29) is 10.6 Å². The van der Waals surface area contributed by atoms with Crippen LogP contribution < -0.4 is 5.32 Å². The number of hydrogen-bond acceptors (Lipinski definition) is 4. The second-order valence-corrected chi connectivity index (χ2v) is 6.77. The minimum atomic E-state index is -1.14. The zero-order valence-corrected chi connectivity index (χ0v) is 20.0.